The first-order valence-corrected chi connectivity index (χ1v) is 18.2. The van der Waals surface area contributed by atoms with E-state index in [0.717, 1.165) is 64.5 Å². The Hall–Kier alpha value is -3.50. The Labute approximate surface area is 284 Å². The van der Waals surface area contributed by atoms with Crippen molar-refractivity contribution in [1.82, 2.24) is 0 Å². The lowest BCUT2D eigenvalue weighted by molar-refractivity contribution is -0.401. The molecule has 47 heavy (non-hydrogen) atoms. The van der Waals surface area contributed by atoms with Gasteiger partial charge >= 0.3 is 0 Å². The average molecular weight is 633 g/mol. The number of anilines is 1. The van der Waals surface area contributed by atoms with E-state index in [1.54, 1.807) is 0 Å². The molecule has 2 aliphatic heterocycles. The van der Waals surface area contributed by atoms with E-state index in [9.17, 15) is 4.79 Å². The van der Waals surface area contributed by atoms with Crippen LogP contribution < -0.4 is 10.6 Å². The summed E-state index contributed by atoms with van der Waals surface area (Å²) in [7, 11) is 2.19. The van der Waals surface area contributed by atoms with Gasteiger partial charge in [-0.05, 0) is 94.2 Å². The molecule has 2 N–H and O–H groups in total. The second-order valence-corrected chi connectivity index (χ2v) is 14.9. The largest absolute Gasteiger partial charge is 0.344 e. The first-order chi connectivity index (χ1) is 22.6. The molecule has 0 saturated heterocycles. The molecule has 0 atom stereocenters. The fraction of sp³-hybridized carbons (Fsp3) is 0.488. The van der Waals surface area contributed by atoms with Gasteiger partial charge in [-0.15, -0.1) is 0 Å². The quantitative estimate of drug-likeness (QED) is 0.157. The number of carbonyl (C=O) groups excluding carboxylic acids is 1. The Bertz CT molecular complexity index is 1580. The molecule has 0 saturated carbocycles. The van der Waals surface area contributed by atoms with Crippen LogP contribution in [0, 0.1) is 0 Å². The maximum absolute atomic E-state index is 12.6. The van der Waals surface area contributed by atoms with Gasteiger partial charge in [-0.25, -0.2) is 0 Å². The van der Waals surface area contributed by atoms with E-state index in [2.05, 4.69) is 123 Å². The molecule has 3 aliphatic rings. The zero-order valence-electron chi connectivity index (χ0n) is 29.8. The van der Waals surface area contributed by atoms with Gasteiger partial charge in [0, 0.05) is 53.9 Å². The number of hydrogen-bond donors (Lipinski definition) is 1. The normalized spacial score (nSPS) is 20.0. The maximum atomic E-state index is 12.6. The predicted octanol–water partition coefficient (Wildman–Crippen LogP) is 10.0. The zero-order chi connectivity index (χ0) is 33.4. The number of hydrogen-bond acceptors (Lipinski definition) is 3. The van der Waals surface area contributed by atoms with Crippen molar-refractivity contribution >= 4 is 22.9 Å². The fourth-order valence-corrected chi connectivity index (χ4v) is 7.91. The van der Waals surface area contributed by atoms with E-state index in [1.807, 2.05) is 0 Å². The van der Waals surface area contributed by atoms with Crippen LogP contribution in [0.5, 0.6) is 0 Å². The molecule has 4 heteroatoms. The van der Waals surface area contributed by atoms with Crippen LogP contribution in [0.2, 0.25) is 0 Å². The molecular weight excluding hydrogens is 574 g/mol. The minimum Gasteiger partial charge on any atom is -0.344 e. The molecule has 2 aromatic carbocycles. The molecule has 4 nitrogen and oxygen atoms in total. The van der Waals surface area contributed by atoms with Crippen molar-refractivity contribution in [2.24, 2.45) is 5.73 Å². The van der Waals surface area contributed by atoms with Crippen molar-refractivity contribution < 1.29 is 9.37 Å². The van der Waals surface area contributed by atoms with Crippen molar-refractivity contribution in [3.63, 3.8) is 0 Å². The summed E-state index contributed by atoms with van der Waals surface area (Å²) in [6, 6.07) is 17.6. The van der Waals surface area contributed by atoms with Gasteiger partial charge in [0.15, 0.2) is 5.71 Å². The zero-order valence-corrected chi connectivity index (χ0v) is 29.8. The van der Waals surface area contributed by atoms with Crippen LogP contribution in [0.3, 0.4) is 0 Å². The van der Waals surface area contributed by atoms with Gasteiger partial charge in [0.05, 0.1) is 5.41 Å². The van der Waals surface area contributed by atoms with Gasteiger partial charge in [0.2, 0.25) is 5.69 Å². The summed E-state index contributed by atoms with van der Waals surface area (Å²) in [6.45, 7) is 11.1. The molecule has 5 rings (SSSR count). The number of nitrogens with zero attached hydrogens (tertiary/aromatic N) is 2. The molecule has 0 radical (unpaired) electrons. The first-order valence-electron chi connectivity index (χ1n) is 18.2. The summed E-state index contributed by atoms with van der Waals surface area (Å²) in [4.78, 5) is 15.1. The molecule has 0 fully saturated rings. The second kappa shape index (κ2) is 15.6. The molecule has 2 heterocycles. The SMILES string of the molecule is C[N+]1=C(C=CC2=CC(=CC=C3N(CCCCC(=O)CCCCCCCN)c4ccccc4C3(C)C)CCC2)C(C)(C)c2ccccc21. The van der Waals surface area contributed by atoms with Gasteiger partial charge in [-0.2, -0.15) is 4.58 Å². The van der Waals surface area contributed by atoms with Gasteiger partial charge in [0.1, 0.15) is 12.8 Å². The van der Waals surface area contributed by atoms with Crippen molar-refractivity contribution in [3.05, 3.63) is 107 Å². The third kappa shape index (κ3) is 7.97. The predicted molar refractivity (Wildman–Crippen MR) is 200 cm³/mol. The third-order valence-electron chi connectivity index (χ3n) is 10.7. The van der Waals surface area contributed by atoms with Gasteiger partial charge < -0.3 is 10.6 Å². The number of nitrogens with two attached hydrogens (primary N) is 1. The molecule has 1 aliphatic carbocycles. The van der Waals surface area contributed by atoms with Gasteiger partial charge in [-0.1, -0.05) is 87.7 Å². The van der Waals surface area contributed by atoms with Crippen molar-refractivity contribution in [2.75, 3.05) is 25.0 Å². The van der Waals surface area contributed by atoms with Crippen molar-refractivity contribution in [2.45, 2.75) is 116 Å². The third-order valence-corrected chi connectivity index (χ3v) is 10.7. The van der Waals surface area contributed by atoms with Gasteiger partial charge in [-0.3, -0.25) is 4.79 Å². The number of allylic oxidation sites excluding steroid dienone is 8. The monoisotopic (exact) mass is 632 g/mol. The Morgan fingerprint density at radius 3 is 2.26 bits per heavy atom. The molecule has 0 bridgehead atoms. The standard InChI is InChI=1S/C43H58N3O/c1-42(2)36-22-10-12-24-38(36)45(5)40(42)28-26-33-18-17-19-34(32-33)27-29-41-43(3,4)37-23-11-13-25-39(37)46(41)31-16-14-21-35(47)20-9-7-6-8-15-30-44/h10-13,22-29,32H,6-9,14-21,30-31,44H2,1-5H3/q+1. The lowest BCUT2D eigenvalue weighted by Crippen LogP contribution is -2.27. The number of Topliss-reactive ketones (excluding diaryl/α,β-unsaturated/α-hetero) is 1. The lowest BCUT2D eigenvalue weighted by atomic mass is 9.81. The lowest BCUT2D eigenvalue weighted by Gasteiger charge is -2.27. The van der Waals surface area contributed by atoms with Gasteiger partial charge in [0.25, 0.3) is 0 Å². The number of carbonyl (C=O) groups is 1. The summed E-state index contributed by atoms with van der Waals surface area (Å²) in [5, 5.41) is 0. The van der Waals surface area contributed by atoms with Crippen LogP contribution in [-0.4, -0.2) is 36.2 Å². The molecule has 0 spiro atoms. The topological polar surface area (TPSA) is 49.3 Å². The highest BCUT2D eigenvalue weighted by molar-refractivity contribution is 6.03. The molecule has 0 aromatic heterocycles. The van der Waals surface area contributed by atoms with E-state index in [4.69, 9.17) is 5.73 Å². The van der Waals surface area contributed by atoms with E-state index in [1.165, 1.54) is 64.3 Å². The summed E-state index contributed by atoms with van der Waals surface area (Å²) in [5.41, 5.74) is 16.4. The highest BCUT2D eigenvalue weighted by Gasteiger charge is 2.42. The molecule has 0 amide bonds. The maximum Gasteiger partial charge on any atom is 0.209 e. The number of ketones is 1. The molecule has 250 valence electrons. The van der Waals surface area contributed by atoms with Crippen LogP contribution in [0.1, 0.15) is 116 Å². The van der Waals surface area contributed by atoms with Crippen LogP contribution in [0.4, 0.5) is 11.4 Å². The number of unbranched alkanes of at least 4 members (excludes halogenated alkanes) is 5. The highest BCUT2D eigenvalue weighted by atomic mass is 16.1. The second-order valence-electron chi connectivity index (χ2n) is 14.9. The van der Waals surface area contributed by atoms with Crippen molar-refractivity contribution in [3.8, 4) is 0 Å². The Morgan fingerprint density at radius 1 is 0.809 bits per heavy atom. The minimum absolute atomic E-state index is 0.00957. The molecular formula is C43H58N3O+. The number of rotatable bonds is 15. The van der Waals surface area contributed by atoms with Crippen LogP contribution in [0.25, 0.3) is 0 Å². The smallest absolute Gasteiger partial charge is 0.209 e. The Kier molecular flexibility index (Phi) is 11.6. The Morgan fingerprint density at radius 2 is 1.49 bits per heavy atom. The first kappa shape index (κ1) is 34.8. The molecule has 0 unspecified atom stereocenters. The number of benzene rings is 2. The summed E-state index contributed by atoms with van der Waals surface area (Å²) >= 11 is 0. The molecule has 2 aromatic rings. The van der Waals surface area contributed by atoms with Crippen LogP contribution in [0.15, 0.2) is 95.8 Å². The average Bonchev–Trinajstić information content (AvgIpc) is 3.40. The van der Waals surface area contributed by atoms with E-state index in [-0.39, 0.29) is 10.8 Å². The van der Waals surface area contributed by atoms with Crippen molar-refractivity contribution in [1.29, 1.82) is 0 Å². The highest BCUT2D eigenvalue weighted by Crippen LogP contribution is 2.48. The summed E-state index contributed by atoms with van der Waals surface area (Å²) < 4.78 is 2.35. The van der Waals surface area contributed by atoms with E-state index in [0.29, 0.717) is 12.2 Å². The summed E-state index contributed by atoms with van der Waals surface area (Å²) in [5.74, 6) is 0.423. The van der Waals surface area contributed by atoms with Crippen LogP contribution in [-0.2, 0) is 15.6 Å². The summed E-state index contributed by atoms with van der Waals surface area (Å²) in [6.07, 6.45) is 24.3. The fourth-order valence-electron chi connectivity index (χ4n) is 7.91. The Balaban J connectivity index is 1.26. The number of fused-ring (bicyclic) bond motifs is 2. The van der Waals surface area contributed by atoms with E-state index >= 15 is 0 Å². The van der Waals surface area contributed by atoms with Crippen LogP contribution >= 0.6 is 0 Å². The number of para-hydroxylation sites is 2. The van der Waals surface area contributed by atoms with E-state index < -0.39 is 0 Å². The minimum atomic E-state index is -0.0707.